The zero-order chi connectivity index (χ0) is 18.6. The molecule has 0 bridgehead atoms. The highest BCUT2D eigenvalue weighted by atomic mass is 16.1. The molecule has 0 unspecified atom stereocenters. The van der Waals surface area contributed by atoms with Crippen molar-refractivity contribution in [1.29, 1.82) is 0 Å². The number of anilines is 2. The minimum absolute atomic E-state index is 0.0983. The zero-order valence-corrected chi connectivity index (χ0v) is 15.6. The molecular formula is C24H24N2O. The number of amides is 1. The predicted octanol–water partition coefficient (Wildman–Crippen LogP) is 4.74. The second-order valence-corrected chi connectivity index (χ2v) is 7.18. The minimum Gasteiger partial charge on any atom is -0.384 e. The second kappa shape index (κ2) is 7.67. The van der Waals surface area contributed by atoms with E-state index >= 15 is 0 Å². The van der Waals surface area contributed by atoms with Crippen LogP contribution in [0.4, 0.5) is 11.4 Å². The summed E-state index contributed by atoms with van der Waals surface area (Å²) in [5.74, 6) is 0.0983. The summed E-state index contributed by atoms with van der Waals surface area (Å²) in [6, 6.07) is 23.1. The van der Waals surface area contributed by atoms with Crippen LogP contribution >= 0.6 is 0 Å². The number of carbonyl (C=O) groups is 1. The number of hydrogen-bond donors (Lipinski definition) is 2. The van der Waals surface area contributed by atoms with Gasteiger partial charge in [-0.3, -0.25) is 4.79 Å². The molecule has 0 spiro atoms. The Morgan fingerprint density at radius 1 is 0.926 bits per heavy atom. The van der Waals surface area contributed by atoms with Crippen LogP contribution in [0.2, 0.25) is 0 Å². The first kappa shape index (κ1) is 17.3. The number of aryl methyl sites for hydroxylation is 1. The van der Waals surface area contributed by atoms with E-state index in [1.165, 1.54) is 34.4 Å². The topological polar surface area (TPSA) is 41.1 Å². The van der Waals surface area contributed by atoms with Crippen LogP contribution in [0.3, 0.4) is 0 Å². The van der Waals surface area contributed by atoms with Crippen molar-refractivity contribution in [1.82, 2.24) is 0 Å². The highest BCUT2D eigenvalue weighted by Crippen LogP contribution is 2.29. The van der Waals surface area contributed by atoms with Crippen LogP contribution in [0.25, 0.3) is 0 Å². The highest BCUT2D eigenvalue weighted by molar-refractivity contribution is 5.98. The average Bonchev–Trinajstić information content (AvgIpc) is 3.28. The standard InChI is InChI=1S/C16H17N.C8H7NO/c1-12-9-14-7-8-17-16(14)15(10-12)11-13-5-3-2-4-6-13;10-8-5-6-3-1-2-4-7(6)9-8/h2-6,9-10,17H,7-8,11H2,1H3;1-4H,5H2,(H,9,10). The summed E-state index contributed by atoms with van der Waals surface area (Å²) in [4.78, 5) is 10.8. The number of benzene rings is 3. The fourth-order valence-corrected chi connectivity index (χ4v) is 3.81. The zero-order valence-electron chi connectivity index (χ0n) is 15.6. The lowest BCUT2D eigenvalue weighted by atomic mass is 9.98. The Balaban J connectivity index is 0.000000153. The van der Waals surface area contributed by atoms with Crippen molar-refractivity contribution in [3.05, 3.63) is 94.5 Å². The van der Waals surface area contributed by atoms with Gasteiger partial charge in [0, 0.05) is 17.9 Å². The molecule has 2 aliphatic heterocycles. The summed E-state index contributed by atoms with van der Waals surface area (Å²) < 4.78 is 0. The Bertz CT molecular complexity index is 936. The molecule has 3 aromatic carbocycles. The molecule has 3 heteroatoms. The molecule has 5 rings (SSSR count). The summed E-state index contributed by atoms with van der Waals surface area (Å²) in [5.41, 5.74) is 9.12. The lowest BCUT2D eigenvalue weighted by Gasteiger charge is -2.10. The first-order valence-corrected chi connectivity index (χ1v) is 9.47. The van der Waals surface area contributed by atoms with E-state index in [0.717, 1.165) is 24.2 Å². The van der Waals surface area contributed by atoms with Crippen LogP contribution in [0.5, 0.6) is 0 Å². The van der Waals surface area contributed by atoms with Crippen molar-refractivity contribution in [2.24, 2.45) is 0 Å². The third-order valence-corrected chi connectivity index (χ3v) is 5.02. The third-order valence-electron chi connectivity index (χ3n) is 5.02. The fraction of sp³-hybridized carbons (Fsp3) is 0.208. The molecule has 136 valence electrons. The molecule has 2 N–H and O–H groups in total. The van der Waals surface area contributed by atoms with Crippen LogP contribution in [0, 0.1) is 6.92 Å². The Kier molecular flexibility index (Phi) is 4.93. The highest BCUT2D eigenvalue weighted by Gasteiger charge is 2.15. The lowest BCUT2D eigenvalue weighted by molar-refractivity contribution is -0.115. The molecule has 27 heavy (non-hydrogen) atoms. The van der Waals surface area contributed by atoms with Gasteiger partial charge in [0.2, 0.25) is 5.91 Å². The van der Waals surface area contributed by atoms with Crippen molar-refractivity contribution < 1.29 is 4.79 Å². The Labute approximate surface area is 160 Å². The number of nitrogens with one attached hydrogen (secondary N) is 2. The van der Waals surface area contributed by atoms with E-state index in [4.69, 9.17) is 0 Å². The van der Waals surface area contributed by atoms with E-state index in [0.29, 0.717) is 6.42 Å². The maximum atomic E-state index is 10.8. The van der Waals surface area contributed by atoms with Crippen LogP contribution in [0.15, 0.2) is 66.7 Å². The van der Waals surface area contributed by atoms with Gasteiger partial charge in [-0.1, -0.05) is 66.2 Å². The van der Waals surface area contributed by atoms with Gasteiger partial charge in [-0.15, -0.1) is 0 Å². The normalized spacial score (nSPS) is 13.7. The third kappa shape index (κ3) is 4.03. The molecule has 0 saturated carbocycles. The quantitative estimate of drug-likeness (QED) is 0.697. The van der Waals surface area contributed by atoms with E-state index in [2.05, 4.69) is 60.0 Å². The molecule has 1 amide bonds. The first-order chi connectivity index (χ1) is 13.2. The van der Waals surface area contributed by atoms with E-state index < -0.39 is 0 Å². The summed E-state index contributed by atoms with van der Waals surface area (Å²) in [6.45, 7) is 3.27. The number of carbonyl (C=O) groups excluding carboxylic acids is 1. The molecule has 0 saturated heterocycles. The molecular weight excluding hydrogens is 332 g/mol. The largest absolute Gasteiger partial charge is 0.384 e. The minimum atomic E-state index is 0.0983. The van der Waals surface area contributed by atoms with E-state index in [-0.39, 0.29) is 5.91 Å². The van der Waals surface area contributed by atoms with Gasteiger partial charge in [0.1, 0.15) is 0 Å². The molecule has 0 aliphatic carbocycles. The van der Waals surface area contributed by atoms with Crippen LogP contribution in [-0.4, -0.2) is 12.5 Å². The number of para-hydroxylation sites is 1. The molecule has 2 aliphatic rings. The van der Waals surface area contributed by atoms with Crippen LogP contribution in [-0.2, 0) is 24.1 Å². The van der Waals surface area contributed by atoms with E-state index in [1.807, 2.05) is 24.3 Å². The Hall–Kier alpha value is -3.07. The molecule has 2 heterocycles. The molecule has 0 fully saturated rings. The van der Waals surface area contributed by atoms with Crippen LogP contribution in [0.1, 0.15) is 27.8 Å². The maximum Gasteiger partial charge on any atom is 0.228 e. The Morgan fingerprint density at radius 3 is 2.52 bits per heavy atom. The first-order valence-electron chi connectivity index (χ1n) is 9.47. The lowest BCUT2D eigenvalue weighted by Crippen LogP contribution is -2.03. The van der Waals surface area contributed by atoms with Gasteiger partial charge in [-0.2, -0.15) is 0 Å². The number of fused-ring (bicyclic) bond motifs is 2. The molecule has 3 nitrogen and oxygen atoms in total. The van der Waals surface area contributed by atoms with Gasteiger partial charge in [-0.05, 0) is 48.1 Å². The summed E-state index contributed by atoms with van der Waals surface area (Å²) in [5, 5.41) is 6.27. The van der Waals surface area contributed by atoms with Gasteiger partial charge in [-0.25, -0.2) is 0 Å². The fourth-order valence-electron chi connectivity index (χ4n) is 3.81. The van der Waals surface area contributed by atoms with Crippen molar-refractivity contribution in [3.63, 3.8) is 0 Å². The molecule has 0 aromatic heterocycles. The van der Waals surface area contributed by atoms with Gasteiger partial charge in [0.05, 0.1) is 6.42 Å². The van der Waals surface area contributed by atoms with E-state index in [9.17, 15) is 4.79 Å². The SMILES string of the molecule is Cc1cc2c(c(Cc3ccccc3)c1)NCC2.O=C1Cc2ccccc2N1. The van der Waals surface area contributed by atoms with Gasteiger partial charge >= 0.3 is 0 Å². The van der Waals surface area contributed by atoms with Crippen molar-refractivity contribution >= 4 is 17.3 Å². The summed E-state index contributed by atoms with van der Waals surface area (Å²) >= 11 is 0. The monoisotopic (exact) mass is 356 g/mol. The summed E-state index contributed by atoms with van der Waals surface area (Å²) in [7, 11) is 0. The van der Waals surface area contributed by atoms with Gasteiger partial charge in [0.25, 0.3) is 0 Å². The van der Waals surface area contributed by atoms with Gasteiger partial charge < -0.3 is 10.6 Å². The predicted molar refractivity (Wildman–Crippen MR) is 111 cm³/mol. The van der Waals surface area contributed by atoms with Gasteiger partial charge in [0.15, 0.2) is 0 Å². The number of rotatable bonds is 2. The maximum absolute atomic E-state index is 10.8. The van der Waals surface area contributed by atoms with Crippen molar-refractivity contribution in [3.8, 4) is 0 Å². The average molecular weight is 356 g/mol. The molecule has 0 radical (unpaired) electrons. The molecule has 3 aromatic rings. The van der Waals surface area contributed by atoms with E-state index in [1.54, 1.807) is 0 Å². The smallest absolute Gasteiger partial charge is 0.228 e. The summed E-state index contributed by atoms with van der Waals surface area (Å²) in [6.07, 6.45) is 2.73. The van der Waals surface area contributed by atoms with Crippen molar-refractivity contribution in [2.45, 2.75) is 26.2 Å². The second-order valence-electron chi connectivity index (χ2n) is 7.18. The van der Waals surface area contributed by atoms with Crippen molar-refractivity contribution in [2.75, 3.05) is 17.2 Å². The molecule has 0 atom stereocenters. The number of hydrogen-bond acceptors (Lipinski definition) is 2. The van der Waals surface area contributed by atoms with Crippen LogP contribution < -0.4 is 10.6 Å². The Morgan fingerprint density at radius 2 is 1.70 bits per heavy atom.